The molecule has 1 aromatic rings. The van der Waals surface area contributed by atoms with Crippen LogP contribution in [0.4, 0.5) is 0 Å². The van der Waals surface area contributed by atoms with Crippen LogP contribution in [0.3, 0.4) is 0 Å². The van der Waals surface area contributed by atoms with Crippen molar-refractivity contribution in [2.75, 3.05) is 21.3 Å². The number of carbonyl (C=O) groups is 1. The summed E-state index contributed by atoms with van der Waals surface area (Å²) in [4.78, 5) is 15.3. The molecular weight excluding hydrogens is 314 g/mol. The van der Waals surface area contributed by atoms with Gasteiger partial charge in [-0.15, -0.1) is 0 Å². The third-order valence-electron chi connectivity index (χ3n) is 6.73. The van der Waals surface area contributed by atoms with E-state index in [-0.39, 0.29) is 5.41 Å². The average molecular weight is 343 g/mol. The van der Waals surface area contributed by atoms with Gasteiger partial charge in [0.15, 0.2) is 11.5 Å². The molecule has 4 saturated carbocycles. The predicted octanol–water partition coefficient (Wildman–Crippen LogP) is 3.88. The number of hydrogen-bond donors (Lipinski definition) is 0. The first kappa shape index (κ1) is 16.7. The van der Waals surface area contributed by atoms with E-state index >= 15 is 0 Å². The fourth-order valence-electron chi connectivity index (χ4n) is 6.18. The Morgan fingerprint density at radius 1 is 1.08 bits per heavy atom. The first-order chi connectivity index (χ1) is 12.0. The summed E-state index contributed by atoms with van der Waals surface area (Å²) in [5.74, 6) is 4.15. The van der Waals surface area contributed by atoms with E-state index in [0.717, 1.165) is 54.1 Å². The van der Waals surface area contributed by atoms with Crippen molar-refractivity contribution >= 4 is 5.91 Å². The standard InChI is InChI=1S/C21H29NO3/c1-22(13-17-5-4-6-18(24-2)19(17)25-3)20(23)21-10-14-7-15(11-21)9-16(8-14)12-21/h4-6,14-16H,7-13H2,1-3H3. The molecule has 4 aliphatic rings. The second-order valence-corrected chi connectivity index (χ2v) is 8.51. The molecule has 0 unspecified atom stereocenters. The quantitative estimate of drug-likeness (QED) is 0.814. The lowest BCUT2D eigenvalue weighted by molar-refractivity contribution is -0.156. The Hall–Kier alpha value is -1.71. The van der Waals surface area contributed by atoms with Gasteiger partial charge in [0, 0.05) is 19.2 Å². The predicted molar refractivity (Wildman–Crippen MR) is 96.6 cm³/mol. The summed E-state index contributed by atoms with van der Waals surface area (Å²) >= 11 is 0. The molecule has 0 aliphatic heterocycles. The summed E-state index contributed by atoms with van der Waals surface area (Å²) < 4.78 is 10.9. The lowest BCUT2D eigenvalue weighted by atomic mass is 9.49. The number of benzene rings is 1. The molecule has 0 saturated heterocycles. The first-order valence-corrected chi connectivity index (χ1v) is 9.50. The Balaban J connectivity index is 1.54. The van der Waals surface area contributed by atoms with Crippen LogP contribution >= 0.6 is 0 Å². The van der Waals surface area contributed by atoms with Crippen LogP contribution in [0.5, 0.6) is 11.5 Å². The van der Waals surface area contributed by atoms with E-state index in [9.17, 15) is 4.79 Å². The maximum atomic E-state index is 13.4. The highest BCUT2D eigenvalue weighted by molar-refractivity contribution is 5.83. The largest absolute Gasteiger partial charge is 0.493 e. The number of hydrogen-bond acceptors (Lipinski definition) is 3. The molecule has 0 N–H and O–H groups in total. The highest BCUT2D eigenvalue weighted by Crippen LogP contribution is 2.60. The summed E-state index contributed by atoms with van der Waals surface area (Å²) in [6.07, 6.45) is 7.41. The molecule has 0 heterocycles. The van der Waals surface area contributed by atoms with E-state index < -0.39 is 0 Å². The third-order valence-corrected chi connectivity index (χ3v) is 6.73. The fraction of sp³-hybridized carbons (Fsp3) is 0.667. The summed E-state index contributed by atoms with van der Waals surface area (Å²) in [5, 5.41) is 0. The maximum Gasteiger partial charge on any atom is 0.228 e. The minimum absolute atomic E-state index is 0.0877. The van der Waals surface area contributed by atoms with Gasteiger partial charge in [-0.25, -0.2) is 0 Å². The molecule has 4 nitrogen and oxygen atoms in total. The van der Waals surface area contributed by atoms with E-state index in [2.05, 4.69) is 0 Å². The van der Waals surface area contributed by atoms with E-state index in [1.807, 2.05) is 30.1 Å². The zero-order valence-corrected chi connectivity index (χ0v) is 15.6. The highest BCUT2D eigenvalue weighted by atomic mass is 16.5. The van der Waals surface area contributed by atoms with Gasteiger partial charge < -0.3 is 14.4 Å². The van der Waals surface area contributed by atoms with Crippen molar-refractivity contribution in [3.8, 4) is 11.5 Å². The van der Waals surface area contributed by atoms with Crippen molar-refractivity contribution in [3.05, 3.63) is 23.8 Å². The normalized spacial score (nSPS) is 32.5. The number of rotatable bonds is 5. The molecule has 25 heavy (non-hydrogen) atoms. The molecule has 1 aromatic carbocycles. The van der Waals surface area contributed by atoms with Gasteiger partial charge in [0.2, 0.25) is 5.91 Å². The molecule has 1 amide bonds. The van der Waals surface area contributed by atoms with Gasteiger partial charge in [0.05, 0.1) is 19.6 Å². The first-order valence-electron chi connectivity index (χ1n) is 9.50. The van der Waals surface area contributed by atoms with E-state index in [0.29, 0.717) is 12.5 Å². The molecule has 4 heteroatoms. The van der Waals surface area contributed by atoms with Crippen molar-refractivity contribution in [2.45, 2.75) is 45.1 Å². The maximum absolute atomic E-state index is 13.4. The molecule has 5 rings (SSSR count). The summed E-state index contributed by atoms with van der Waals surface area (Å²) in [5.41, 5.74) is 0.915. The van der Waals surface area contributed by atoms with E-state index in [4.69, 9.17) is 9.47 Å². The zero-order valence-electron chi connectivity index (χ0n) is 15.6. The van der Waals surface area contributed by atoms with Gasteiger partial charge in [-0.3, -0.25) is 4.79 Å². The SMILES string of the molecule is COc1cccc(CN(C)C(=O)C23CC4CC(CC(C4)C2)C3)c1OC. The average Bonchev–Trinajstić information content (AvgIpc) is 2.59. The highest BCUT2D eigenvalue weighted by Gasteiger charge is 2.55. The molecule has 0 spiro atoms. The molecular formula is C21H29NO3. The summed E-state index contributed by atoms with van der Waals surface area (Å²) in [6, 6.07) is 5.87. The number of methoxy groups -OCH3 is 2. The van der Waals surface area contributed by atoms with Gasteiger partial charge in [-0.1, -0.05) is 12.1 Å². The molecule has 0 radical (unpaired) electrons. The topological polar surface area (TPSA) is 38.8 Å². The molecule has 136 valence electrons. The minimum Gasteiger partial charge on any atom is -0.493 e. The van der Waals surface area contributed by atoms with E-state index in [1.54, 1.807) is 14.2 Å². The van der Waals surface area contributed by atoms with Gasteiger partial charge in [-0.2, -0.15) is 0 Å². The van der Waals surface area contributed by atoms with Crippen LogP contribution in [0.2, 0.25) is 0 Å². The monoisotopic (exact) mass is 343 g/mol. The van der Waals surface area contributed by atoms with Crippen LogP contribution in [0.25, 0.3) is 0 Å². The van der Waals surface area contributed by atoms with Crippen LogP contribution < -0.4 is 9.47 Å². The molecule has 0 aromatic heterocycles. The summed E-state index contributed by atoms with van der Waals surface area (Å²) in [6.45, 7) is 0.570. The van der Waals surface area contributed by atoms with Crippen LogP contribution in [0.15, 0.2) is 18.2 Å². The van der Waals surface area contributed by atoms with E-state index in [1.165, 1.54) is 19.3 Å². The summed E-state index contributed by atoms with van der Waals surface area (Å²) in [7, 11) is 5.24. The lowest BCUT2D eigenvalue weighted by Gasteiger charge is -2.56. The van der Waals surface area contributed by atoms with Gasteiger partial charge in [0.1, 0.15) is 0 Å². The smallest absolute Gasteiger partial charge is 0.228 e. The number of nitrogens with zero attached hydrogens (tertiary/aromatic N) is 1. The molecule has 4 aliphatic carbocycles. The number of ether oxygens (including phenoxy) is 2. The third kappa shape index (κ3) is 2.80. The van der Waals surface area contributed by atoms with Crippen LogP contribution in [0, 0.1) is 23.2 Å². The number of amides is 1. The van der Waals surface area contributed by atoms with Crippen molar-refractivity contribution < 1.29 is 14.3 Å². The second-order valence-electron chi connectivity index (χ2n) is 8.51. The van der Waals surface area contributed by atoms with Gasteiger partial charge in [0.25, 0.3) is 0 Å². The van der Waals surface area contributed by atoms with Crippen LogP contribution in [0.1, 0.15) is 44.1 Å². The molecule has 0 atom stereocenters. The lowest BCUT2D eigenvalue weighted by Crippen LogP contribution is -2.53. The van der Waals surface area contributed by atoms with Crippen molar-refractivity contribution in [1.29, 1.82) is 0 Å². The second kappa shape index (κ2) is 6.22. The van der Waals surface area contributed by atoms with Crippen molar-refractivity contribution in [1.82, 2.24) is 4.90 Å². The molecule has 4 bridgehead atoms. The van der Waals surface area contributed by atoms with Crippen LogP contribution in [-0.4, -0.2) is 32.1 Å². The number of para-hydroxylation sites is 1. The Labute approximate surface area is 150 Å². The van der Waals surface area contributed by atoms with Crippen molar-refractivity contribution in [3.63, 3.8) is 0 Å². The van der Waals surface area contributed by atoms with Crippen molar-refractivity contribution in [2.24, 2.45) is 23.2 Å². The number of carbonyl (C=O) groups excluding carboxylic acids is 1. The zero-order chi connectivity index (χ0) is 17.6. The Bertz CT molecular complexity index is 634. The van der Waals surface area contributed by atoms with Gasteiger partial charge in [-0.05, 0) is 62.3 Å². The Morgan fingerprint density at radius 3 is 2.20 bits per heavy atom. The Morgan fingerprint density at radius 2 is 1.68 bits per heavy atom. The molecule has 4 fully saturated rings. The minimum atomic E-state index is -0.0877. The van der Waals surface area contributed by atoms with Gasteiger partial charge >= 0.3 is 0 Å². The van der Waals surface area contributed by atoms with Crippen LogP contribution in [-0.2, 0) is 11.3 Å². The Kier molecular flexibility index (Phi) is 4.17. The fourth-order valence-corrected chi connectivity index (χ4v) is 6.18.